The van der Waals surface area contributed by atoms with E-state index >= 15 is 0 Å². The van der Waals surface area contributed by atoms with Crippen molar-refractivity contribution in [2.75, 3.05) is 7.11 Å². The van der Waals surface area contributed by atoms with Crippen LogP contribution in [0.2, 0.25) is 0 Å². The lowest BCUT2D eigenvalue weighted by Crippen LogP contribution is -2.18. The summed E-state index contributed by atoms with van der Waals surface area (Å²) in [5.41, 5.74) is 4.14. The van der Waals surface area contributed by atoms with Crippen molar-refractivity contribution in [1.82, 2.24) is 10.3 Å². The van der Waals surface area contributed by atoms with Gasteiger partial charge in [0.2, 0.25) is 0 Å². The Morgan fingerprint density at radius 1 is 1.08 bits per heavy atom. The highest BCUT2D eigenvalue weighted by Crippen LogP contribution is 2.32. The van der Waals surface area contributed by atoms with E-state index in [0.717, 1.165) is 29.0 Å². The summed E-state index contributed by atoms with van der Waals surface area (Å²) in [6, 6.07) is 18.4. The first-order valence-electron chi connectivity index (χ1n) is 8.27. The molecule has 4 nitrogen and oxygen atoms in total. The first kappa shape index (κ1) is 17.0. The van der Waals surface area contributed by atoms with E-state index < -0.39 is 0 Å². The first-order chi connectivity index (χ1) is 12.2. The second-order valence-corrected chi connectivity index (χ2v) is 5.98. The van der Waals surface area contributed by atoms with Crippen LogP contribution in [0.25, 0.3) is 11.1 Å². The van der Waals surface area contributed by atoms with Gasteiger partial charge in [0.25, 0.3) is 0 Å². The van der Waals surface area contributed by atoms with Gasteiger partial charge < -0.3 is 15.2 Å². The molecule has 2 aromatic carbocycles. The number of pyridine rings is 1. The van der Waals surface area contributed by atoms with Gasteiger partial charge in [0.15, 0.2) is 0 Å². The molecule has 0 radical (unpaired) electrons. The van der Waals surface area contributed by atoms with Gasteiger partial charge >= 0.3 is 0 Å². The third-order valence-corrected chi connectivity index (χ3v) is 4.21. The molecule has 0 aliphatic carbocycles. The zero-order chi connectivity index (χ0) is 17.6. The minimum Gasteiger partial charge on any atom is -0.506 e. The van der Waals surface area contributed by atoms with Gasteiger partial charge in [-0.2, -0.15) is 0 Å². The molecule has 128 valence electrons. The second-order valence-electron chi connectivity index (χ2n) is 5.98. The Morgan fingerprint density at radius 3 is 2.60 bits per heavy atom. The highest BCUT2D eigenvalue weighted by Gasteiger charge is 2.10. The Hall–Kier alpha value is -2.85. The van der Waals surface area contributed by atoms with Crippen molar-refractivity contribution in [1.29, 1.82) is 0 Å². The lowest BCUT2D eigenvalue weighted by molar-refractivity contribution is 0.416. The van der Waals surface area contributed by atoms with Gasteiger partial charge in [0.05, 0.1) is 13.3 Å². The molecule has 25 heavy (non-hydrogen) atoms. The van der Waals surface area contributed by atoms with E-state index in [9.17, 15) is 5.11 Å². The summed E-state index contributed by atoms with van der Waals surface area (Å²) >= 11 is 0. The van der Waals surface area contributed by atoms with Crippen LogP contribution in [0.3, 0.4) is 0 Å². The summed E-state index contributed by atoms with van der Waals surface area (Å²) in [7, 11) is 1.64. The Kier molecular flexibility index (Phi) is 5.31. The Labute approximate surface area is 148 Å². The van der Waals surface area contributed by atoms with Crippen LogP contribution >= 0.6 is 0 Å². The SMILES string of the molecule is COc1ccc(CNC(C)c2ccccc2)cc1-c1cncc(O)c1. The molecule has 3 aromatic rings. The lowest BCUT2D eigenvalue weighted by atomic mass is 10.0. The average Bonchev–Trinajstić information content (AvgIpc) is 2.66. The number of ether oxygens (including phenoxy) is 1. The van der Waals surface area contributed by atoms with Crippen molar-refractivity contribution in [3.05, 3.63) is 78.1 Å². The third-order valence-electron chi connectivity index (χ3n) is 4.21. The summed E-state index contributed by atoms with van der Waals surface area (Å²) in [5, 5.41) is 13.2. The highest BCUT2D eigenvalue weighted by atomic mass is 16.5. The number of benzene rings is 2. The first-order valence-corrected chi connectivity index (χ1v) is 8.27. The van der Waals surface area contributed by atoms with Crippen LogP contribution in [0.5, 0.6) is 11.5 Å². The molecule has 0 saturated carbocycles. The smallest absolute Gasteiger partial charge is 0.134 e. The van der Waals surface area contributed by atoms with Crippen molar-refractivity contribution in [2.45, 2.75) is 19.5 Å². The van der Waals surface area contributed by atoms with E-state index in [4.69, 9.17) is 4.74 Å². The van der Waals surface area contributed by atoms with Gasteiger partial charge in [0.1, 0.15) is 11.5 Å². The topological polar surface area (TPSA) is 54.4 Å². The summed E-state index contributed by atoms with van der Waals surface area (Å²) in [6.45, 7) is 2.89. The minimum absolute atomic E-state index is 0.140. The largest absolute Gasteiger partial charge is 0.506 e. The molecule has 4 heteroatoms. The standard InChI is InChI=1S/C21H22N2O2/c1-15(17-6-4-3-5-7-17)23-12-16-8-9-21(25-2)20(10-16)18-11-19(24)14-22-13-18/h3-11,13-15,23-24H,12H2,1-2H3. The summed E-state index contributed by atoms with van der Waals surface area (Å²) in [5.74, 6) is 0.896. The van der Waals surface area contributed by atoms with Crippen molar-refractivity contribution >= 4 is 0 Å². The van der Waals surface area contributed by atoms with Gasteiger partial charge in [-0.25, -0.2) is 0 Å². The molecule has 0 aliphatic heterocycles. The number of aromatic hydroxyl groups is 1. The van der Waals surface area contributed by atoms with Gasteiger partial charge in [-0.15, -0.1) is 0 Å². The maximum Gasteiger partial charge on any atom is 0.134 e. The monoisotopic (exact) mass is 334 g/mol. The quantitative estimate of drug-likeness (QED) is 0.705. The van der Waals surface area contributed by atoms with Gasteiger partial charge in [-0.1, -0.05) is 36.4 Å². The van der Waals surface area contributed by atoms with Crippen LogP contribution in [0, 0.1) is 0 Å². The normalized spacial score (nSPS) is 11.9. The third kappa shape index (κ3) is 4.17. The maximum atomic E-state index is 9.69. The number of hydrogen-bond acceptors (Lipinski definition) is 4. The zero-order valence-electron chi connectivity index (χ0n) is 14.4. The molecule has 0 saturated heterocycles. The minimum atomic E-state index is 0.140. The van der Waals surface area contributed by atoms with Gasteiger partial charge in [-0.05, 0) is 36.2 Å². The fourth-order valence-electron chi connectivity index (χ4n) is 2.80. The summed E-state index contributed by atoms with van der Waals surface area (Å²) in [6.07, 6.45) is 3.14. The van der Waals surface area contributed by atoms with E-state index in [1.165, 1.54) is 11.8 Å². The number of rotatable bonds is 6. The summed E-state index contributed by atoms with van der Waals surface area (Å²) < 4.78 is 5.46. The average molecular weight is 334 g/mol. The predicted octanol–water partition coefficient (Wildman–Crippen LogP) is 4.31. The molecule has 1 unspecified atom stereocenters. The maximum absolute atomic E-state index is 9.69. The molecule has 1 aromatic heterocycles. The fourth-order valence-corrected chi connectivity index (χ4v) is 2.80. The van der Waals surface area contributed by atoms with Crippen molar-refractivity contribution in [3.63, 3.8) is 0 Å². The fraction of sp³-hybridized carbons (Fsp3) is 0.190. The Bertz CT molecular complexity index is 834. The lowest BCUT2D eigenvalue weighted by Gasteiger charge is -2.16. The number of aromatic nitrogens is 1. The molecule has 2 N–H and O–H groups in total. The van der Waals surface area contributed by atoms with Gasteiger partial charge in [0, 0.05) is 29.9 Å². The molecule has 0 spiro atoms. The Morgan fingerprint density at radius 2 is 1.88 bits per heavy atom. The number of nitrogens with one attached hydrogen (secondary N) is 1. The van der Waals surface area contributed by atoms with E-state index in [1.54, 1.807) is 19.4 Å². The highest BCUT2D eigenvalue weighted by molar-refractivity contribution is 5.71. The van der Waals surface area contributed by atoms with Crippen LogP contribution in [-0.4, -0.2) is 17.2 Å². The molecule has 0 bridgehead atoms. The van der Waals surface area contributed by atoms with E-state index in [0.29, 0.717) is 0 Å². The molecular formula is C21H22N2O2. The molecular weight excluding hydrogens is 312 g/mol. The van der Waals surface area contributed by atoms with Crippen molar-refractivity contribution in [2.24, 2.45) is 0 Å². The van der Waals surface area contributed by atoms with Crippen LogP contribution in [-0.2, 0) is 6.54 Å². The molecule has 0 amide bonds. The number of hydrogen-bond donors (Lipinski definition) is 2. The molecule has 1 atom stereocenters. The molecule has 0 aliphatic rings. The predicted molar refractivity (Wildman–Crippen MR) is 99.6 cm³/mol. The number of methoxy groups -OCH3 is 1. The van der Waals surface area contributed by atoms with Crippen molar-refractivity contribution < 1.29 is 9.84 Å². The van der Waals surface area contributed by atoms with E-state index in [-0.39, 0.29) is 11.8 Å². The van der Waals surface area contributed by atoms with Crippen LogP contribution in [0.4, 0.5) is 0 Å². The summed E-state index contributed by atoms with van der Waals surface area (Å²) in [4.78, 5) is 4.06. The van der Waals surface area contributed by atoms with Crippen LogP contribution < -0.4 is 10.1 Å². The van der Waals surface area contributed by atoms with Crippen LogP contribution in [0.1, 0.15) is 24.1 Å². The van der Waals surface area contributed by atoms with E-state index in [2.05, 4.69) is 35.4 Å². The Balaban J connectivity index is 1.80. The second kappa shape index (κ2) is 7.81. The number of nitrogens with zero attached hydrogens (tertiary/aromatic N) is 1. The van der Waals surface area contributed by atoms with Crippen molar-refractivity contribution in [3.8, 4) is 22.6 Å². The molecule has 0 fully saturated rings. The molecule has 1 heterocycles. The molecule has 3 rings (SSSR count). The van der Waals surface area contributed by atoms with Crippen LogP contribution in [0.15, 0.2) is 67.0 Å². The van der Waals surface area contributed by atoms with Gasteiger partial charge in [-0.3, -0.25) is 4.98 Å². The van der Waals surface area contributed by atoms with E-state index in [1.807, 2.05) is 30.3 Å². The zero-order valence-corrected chi connectivity index (χ0v) is 14.4.